The van der Waals surface area contributed by atoms with Crippen LogP contribution in [0.25, 0.3) is 0 Å². The molecule has 0 saturated heterocycles. The van der Waals surface area contributed by atoms with Crippen LogP contribution < -0.4 is 11.1 Å². The number of methoxy groups -OCH3 is 1. The number of nitrogens with two attached hydrogens (primary N) is 1. The third-order valence-corrected chi connectivity index (χ3v) is 4.39. The molecular formula is C17H26N2O3. The van der Waals surface area contributed by atoms with Gasteiger partial charge in [-0.1, -0.05) is 44.2 Å². The van der Waals surface area contributed by atoms with Crippen LogP contribution >= 0.6 is 0 Å². The number of hydrogen-bond donors (Lipinski definition) is 2. The fourth-order valence-corrected chi connectivity index (χ4v) is 2.16. The summed E-state index contributed by atoms with van der Waals surface area (Å²) in [5, 5.41) is 2.68. The van der Waals surface area contributed by atoms with Gasteiger partial charge >= 0.3 is 5.97 Å². The number of carbonyl (C=O) groups is 2. The summed E-state index contributed by atoms with van der Waals surface area (Å²) in [6.45, 7) is 8.66. The van der Waals surface area contributed by atoms with E-state index in [1.807, 2.05) is 44.2 Å². The Hall–Kier alpha value is -1.88. The van der Waals surface area contributed by atoms with Crippen LogP contribution in [-0.2, 0) is 19.7 Å². The fraction of sp³-hybridized carbons (Fsp3) is 0.529. The lowest BCUT2D eigenvalue weighted by atomic mass is 9.68. The lowest BCUT2D eigenvalue weighted by Crippen LogP contribution is -2.66. The molecule has 22 heavy (non-hydrogen) atoms. The Bertz CT molecular complexity index is 548. The van der Waals surface area contributed by atoms with Gasteiger partial charge < -0.3 is 15.8 Å². The summed E-state index contributed by atoms with van der Waals surface area (Å²) >= 11 is 0. The van der Waals surface area contributed by atoms with Gasteiger partial charge in [0.05, 0.1) is 7.11 Å². The monoisotopic (exact) mass is 306 g/mol. The quantitative estimate of drug-likeness (QED) is 0.812. The van der Waals surface area contributed by atoms with Gasteiger partial charge in [0.15, 0.2) is 0 Å². The van der Waals surface area contributed by atoms with E-state index in [9.17, 15) is 9.59 Å². The van der Waals surface area contributed by atoms with Crippen molar-refractivity contribution in [2.45, 2.75) is 51.1 Å². The van der Waals surface area contributed by atoms with Crippen LogP contribution in [0.1, 0.15) is 40.2 Å². The van der Waals surface area contributed by atoms with E-state index in [0.717, 1.165) is 5.56 Å². The van der Waals surface area contributed by atoms with E-state index in [1.165, 1.54) is 7.11 Å². The predicted octanol–water partition coefficient (Wildman–Crippen LogP) is 1.75. The first-order chi connectivity index (χ1) is 9.96. The van der Waals surface area contributed by atoms with E-state index in [2.05, 4.69) is 5.32 Å². The first-order valence-electron chi connectivity index (χ1n) is 7.22. The second kappa shape index (κ2) is 6.08. The molecule has 0 aromatic heterocycles. The van der Waals surface area contributed by atoms with Crippen molar-refractivity contribution >= 4 is 11.9 Å². The summed E-state index contributed by atoms with van der Waals surface area (Å²) in [6.07, 6.45) is 0. The molecule has 1 atom stereocenters. The highest BCUT2D eigenvalue weighted by molar-refractivity contribution is 5.93. The molecule has 0 saturated carbocycles. The average Bonchev–Trinajstić information content (AvgIpc) is 2.46. The summed E-state index contributed by atoms with van der Waals surface area (Å²) in [4.78, 5) is 24.4. The maximum atomic E-state index is 12.7. The van der Waals surface area contributed by atoms with Gasteiger partial charge in [-0.15, -0.1) is 0 Å². The standard InChI is InChI=1S/C17H26N2O3/c1-15(2,12-10-8-7-9-11-12)17(5,18)13(20)19-16(3,4)14(21)22-6/h7-11H,18H2,1-6H3,(H,19,20). The molecule has 0 bridgehead atoms. The zero-order valence-corrected chi connectivity index (χ0v) is 14.2. The van der Waals surface area contributed by atoms with Gasteiger partial charge in [-0.25, -0.2) is 4.79 Å². The van der Waals surface area contributed by atoms with Crippen molar-refractivity contribution in [3.8, 4) is 0 Å². The minimum atomic E-state index is -1.21. The molecule has 1 aromatic rings. The van der Waals surface area contributed by atoms with Gasteiger partial charge in [-0.3, -0.25) is 4.79 Å². The van der Waals surface area contributed by atoms with E-state index in [-0.39, 0.29) is 0 Å². The van der Waals surface area contributed by atoms with Crippen molar-refractivity contribution in [2.24, 2.45) is 5.73 Å². The number of ether oxygens (including phenoxy) is 1. The maximum Gasteiger partial charge on any atom is 0.330 e. The molecule has 122 valence electrons. The van der Waals surface area contributed by atoms with Crippen molar-refractivity contribution in [1.82, 2.24) is 5.32 Å². The minimum absolute atomic E-state index is 0.406. The smallest absolute Gasteiger partial charge is 0.330 e. The molecule has 0 aliphatic heterocycles. The molecule has 3 N–H and O–H groups in total. The average molecular weight is 306 g/mol. The zero-order chi connectivity index (χ0) is 17.2. The Morgan fingerprint density at radius 3 is 2.00 bits per heavy atom. The molecule has 0 aliphatic rings. The SMILES string of the molecule is COC(=O)C(C)(C)NC(=O)C(C)(N)C(C)(C)c1ccccc1. The first kappa shape index (κ1) is 18.2. The molecule has 0 heterocycles. The van der Waals surface area contributed by atoms with Crippen LogP contribution in [0.3, 0.4) is 0 Å². The molecule has 1 rings (SSSR count). The number of esters is 1. The van der Waals surface area contributed by atoms with Gasteiger partial charge in [0, 0.05) is 5.41 Å². The van der Waals surface area contributed by atoms with Gasteiger partial charge in [0.1, 0.15) is 11.1 Å². The Morgan fingerprint density at radius 1 is 1.05 bits per heavy atom. The third kappa shape index (κ3) is 3.30. The van der Waals surface area contributed by atoms with Gasteiger partial charge in [0.2, 0.25) is 5.91 Å². The lowest BCUT2D eigenvalue weighted by molar-refractivity contribution is -0.150. The van der Waals surface area contributed by atoms with Crippen molar-refractivity contribution in [2.75, 3.05) is 7.11 Å². The number of hydrogen-bond acceptors (Lipinski definition) is 4. The van der Waals surface area contributed by atoms with Gasteiger partial charge in [0.25, 0.3) is 0 Å². The van der Waals surface area contributed by atoms with E-state index in [4.69, 9.17) is 10.5 Å². The predicted molar refractivity (Wildman–Crippen MR) is 86.3 cm³/mol. The maximum absolute atomic E-state index is 12.7. The highest BCUT2D eigenvalue weighted by Gasteiger charge is 2.47. The summed E-state index contributed by atoms with van der Waals surface area (Å²) in [7, 11) is 1.28. The molecule has 1 aromatic carbocycles. The molecule has 0 fully saturated rings. The molecule has 0 spiro atoms. The van der Waals surface area contributed by atoms with E-state index in [0.29, 0.717) is 0 Å². The minimum Gasteiger partial charge on any atom is -0.467 e. The number of benzene rings is 1. The van der Waals surface area contributed by atoms with Gasteiger partial charge in [-0.05, 0) is 26.3 Å². The fourth-order valence-electron chi connectivity index (χ4n) is 2.16. The van der Waals surface area contributed by atoms with Crippen molar-refractivity contribution in [3.63, 3.8) is 0 Å². The third-order valence-electron chi connectivity index (χ3n) is 4.39. The number of rotatable bonds is 5. The van der Waals surface area contributed by atoms with Crippen molar-refractivity contribution in [3.05, 3.63) is 35.9 Å². The summed E-state index contributed by atoms with van der Waals surface area (Å²) in [5.41, 5.74) is 4.34. The zero-order valence-electron chi connectivity index (χ0n) is 14.2. The normalized spacial score (nSPS) is 14.9. The Morgan fingerprint density at radius 2 is 1.55 bits per heavy atom. The van der Waals surface area contributed by atoms with Gasteiger partial charge in [-0.2, -0.15) is 0 Å². The second-order valence-corrected chi connectivity index (χ2v) is 6.76. The van der Waals surface area contributed by atoms with E-state index < -0.39 is 28.4 Å². The lowest BCUT2D eigenvalue weighted by Gasteiger charge is -2.41. The second-order valence-electron chi connectivity index (χ2n) is 6.76. The van der Waals surface area contributed by atoms with Crippen LogP contribution in [0.15, 0.2) is 30.3 Å². The Kier molecular flexibility index (Phi) is 5.03. The molecule has 0 aliphatic carbocycles. The highest BCUT2D eigenvalue weighted by atomic mass is 16.5. The van der Waals surface area contributed by atoms with Crippen molar-refractivity contribution < 1.29 is 14.3 Å². The molecule has 0 radical (unpaired) electrons. The summed E-state index contributed by atoms with van der Waals surface area (Å²) < 4.78 is 4.70. The largest absolute Gasteiger partial charge is 0.467 e. The number of carbonyl (C=O) groups excluding carboxylic acids is 2. The van der Waals surface area contributed by atoms with Crippen LogP contribution in [0.5, 0.6) is 0 Å². The summed E-state index contributed by atoms with van der Waals surface area (Å²) in [5.74, 6) is -0.925. The number of amides is 1. The highest BCUT2D eigenvalue weighted by Crippen LogP contribution is 2.33. The molecule has 1 amide bonds. The van der Waals surface area contributed by atoms with E-state index in [1.54, 1.807) is 20.8 Å². The number of nitrogens with one attached hydrogen (secondary N) is 1. The van der Waals surface area contributed by atoms with Crippen molar-refractivity contribution in [1.29, 1.82) is 0 Å². The van der Waals surface area contributed by atoms with Crippen LogP contribution in [0.2, 0.25) is 0 Å². The Balaban J connectivity index is 3.08. The molecular weight excluding hydrogens is 280 g/mol. The topological polar surface area (TPSA) is 81.4 Å². The van der Waals surface area contributed by atoms with Crippen LogP contribution in [0, 0.1) is 0 Å². The molecule has 5 heteroatoms. The first-order valence-corrected chi connectivity index (χ1v) is 7.22. The Labute approximate surface area is 132 Å². The molecule has 1 unspecified atom stereocenters. The molecule has 5 nitrogen and oxygen atoms in total. The summed E-state index contributed by atoms with van der Waals surface area (Å²) in [6, 6.07) is 9.59. The van der Waals surface area contributed by atoms with Crippen LogP contribution in [0.4, 0.5) is 0 Å². The van der Waals surface area contributed by atoms with E-state index >= 15 is 0 Å². The van der Waals surface area contributed by atoms with Crippen LogP contribution in [-0.4, -0.2) is 30.1 Å².